The van der Waals surface area contributed by atoms with Crippen molar-refractivity contribution in [1.82, 2.24) is 10.6 Å². The van der Waals surface area contributed by atoms with Crippen LogP contribution in [0.3, 0.4) is 0 Å². The maximum absolute atomic E-state index is 12.1. The summed E-state index contributed by atoms with van der Waals surface area (Å²) in [5, 5.41) is 5.30. The molecule has 1 aromatic carbocycles. The molecular weight excluding hydrogens is 242 g/mol. The number of carbonyl (C=O) groups excluding carboxylic acids is 2. The number of hydrogen-bond acceptors (Lipinski definition) is 2. The highest BCUT2D eigenvalue weighted by Gasteiger charge is 2.24. The number of benzene rings is 1. The quantitative estimate of drug-likeness (QED) is 0.724. The Bertz CT molecular complexity index is 420. The Hall–Kier alpha value is -2.04. The average Bonchev–Trinajstić information content (AvgIpc) is 2.42. The van der Waals surface area contributed by atoms with Crippen molar-refractivity contribution in [2.45, 2.75) is 32.9 Å². The van der Waals surface area contributed by atoms with Crippen LogP contribution in [-0.2, 0) is 11.3 Å². The molecule has 0 saturated heterocycles. The predicted octanol–water partition coefficient (Wildman–Crippen LogP) is 1.39. The fourth-order valence-electron chi connectivity index (χ4n) is 1.75. The molecule has 0 radical (unpaired) electrons. The molecule has 1 rings (SSSR count). The van der Waals surface area contributed by atoms with E-state index in [2.05, 4.69) is 10.6 Å². The number of nitrogens with two attached hydrogens (primary N) is 1. The first-order valence-electron chi connectivity index (χ1n) is 6.42. The van der Waals surface area contributed by atoms with E-state index >= 15 is 0 Å². The summed E-state index contributed by atoms with van der Waals surface area (Å²) in [5.74, 6) is -0.180. The van der Waals surface area contributed by atoms with E-state index in [4.69, 9.17) is 5.73 Å². The Kier molecular flexibility index (Phi) is 5.85. The van der Waals surface area contributed by atoms with Crippen LogP contribution in [0.25, 0.3) is 0 Å². The van der Waals surface area contributed by atoms with Gasteiger partial charge >= 0.3 is 6.03 Å². The van der Waals surface area contributed by atoms with E-state index in [1.807, 2.05) is 44.2 Å². The molecule has 0 saturated carbocycles. The Morgan fingerprint density at radius 1 is 1.26 bits per heavy atom. The third-order valence-corrected chi connectivity index (χ3v) is 3.10. The molecular formula is C14H21N3O2. The van der Waals surface area contributed by atoms with Gasteiger partial charge in [-0.3, -0.25) is 4.79 Å². The molecule has 4 N–H and O–H groups in total. The second-order valence-corrected chi connectivity index (χ2v) is 4.58. The van der Waals surface area contributed by atoms with Crippen molar-refractivity contribution in [2.24, 2.45) is 11.7 Å². The van der Waals surface area contributed by atoms with Gasteiger partial charge in [0, 0.05) is 6.54 Å². The summed E-state index contributed by atoms with van der Waals surface area (Å²) < 4.78 is 0. The second kappa shape index (κ2) is 7.41. The van der Waals surface area contributed by atoms with Crippen molar-refractivity contribution in [2.75, 3.05) is 0 Å². The van der Waals surface area contributed by atoms with Gasteiger partial charge < -0.3 is 16.4 Å². The van der Waals surface area contributed by atoms with Gasteiger partial charge in [0.25, 0.3) is 0 Å². The topological polar surface area (TPSA) is 84.2 Å². The number of carbonyl (C=O) groups is 2. The van der Waals surface area contributed by atoms with Crippen LogP contribution in [-0.4, -0.2) is 18.0 Å². The fraction of sp³-hybridized carbons (Fsp3) is 0.429. The lowest BCUT2D eigenvalue weighted by molar-refractivity contribution is -0.124. The first-order valence-corrected chi connectivity index (χ1v) is 6.42. The minimum Gasteiger partial charge on any atom is -0.352 e. The van der Waals surface area contributed by atoms with Crippen LogP contribution in [0.5, 0.6) is 0 Å². The van der Waals surface area contributed by atoms with Crippen LogP contribution < -0.4 is 16.4 Å². The van der Waals surface area contributed by atoms with E-state index in [9.17, 15) is 9.59 Å². The molecule has 0 aliphatic heterocycles. The Morgan fingerprint density at radius 3 is 2.42 bits per heavy atom. The summed E-state index contributed by atoms with van der Waals surface area (Å²) in [6, 6.07) is 8.33. The number of amides is 3. The number of hydrogen-bond donors (Lipinski definition) is 3. The van der Waals surface area contributed by atoms with Gasteiger partial charge in [-0.1, -0.05) is 50.6 Å². The van der Waals surface area contributed by atoms with Gasteiger partial charge in [0.15, 0.2) is 0 Å². The maximum atomic E-state index is 12.1. The summed E-state index contributed by atoms with van der Waals surface area (Å²) in [6.45, 7) is 4.31. The van der Waals surface area contributed by atoms with Gasteiger partial charge in [-0.05, 0) is 11.5 Å². The monoisotopic (exact) mass is 263 g/mol. The highest BCUT2D eigenvalue weighted by molar-refractivity contribution is 5.86. The van der Waals surface area contributed by atoms with Crippen molar-refractivity contribution in [1.29, 1.82) is 0 Å². The molecule has 0 aliphatic rings. The van der Waals surface area contributed by atoms with Crippen LogP contribution >= 0.6 is 0 Å². The van der Waals surface area contributed by atoms with E-state index in [1.165, 1.54) is 0 Å². The lowest BCUT2D eigenvalue weighted by Crippen LogP contribution is -2.51. The molecule has 0 bridgehead atoms. The van der Waals surface area contributed by atoms with E-state index in [1.54, 1.807) is 0 Å². The van der Waals surface area contributed by atoms with Gasteiger partial charge in [-0.25, -0.2) is 4.79 Å². The third kappa shape index (κ3) is 4.99. The van der Waals surface area contributed by atoms with Crippen molar-refractivity contribution >= 4 is 11.9 Å². The van der Waals surface area contributed by atoms with Crippen molar-refractivity contribution in [3.8, 4) is 0 Å². The standard InChI is InChI=1S/C14H21N3O2/c1-3-10(2)12(17-14(15)19)13(18)16-9-11-7-5-4-6-8-11/h4-8,10,12H,3,9H2,1-2H3,(H,16,18)(H3,15,17,19). The highest BCUT2D eigenvalue weighted by atomic mass is 16.2. The molecule has 0 fully saturated rings. The van der Waals surface area contributed by atoms with E-state index < -0.39 is 12.1 Å². The van der Waals surface area contributed by atoms with Gasteiger partial charge in [0.05, 0.1) is 0 Å². The molecule has 1 aromatic rings. The molecule has 5 nitrogen and oxygen atoms in total. The van der Waals surface area contributed by atoms with Crippen molar-refractivity contribution in [3.63, 3.8) is 0 Å². The van der Waals surface area contributed by atoms with E-state index in [-0.39, 0.29) is 11.8 Å². The minimum atomic E-state index is -0.680. The molecule has 2 unspecified atom stereocenters. The van der Waals surface area contributed by atoms with Gasteiger partial charge in [-0.15, -0.1) is 0 Å². The SMILES string of the molecule is CCC(C)C(NC(N)=O)C(=O)NCc1ccccc1. The fourth-order valence-corrected chi connectivity index (χ4v) is 1.75. The van der Waals surface area contributed by atoms with E-state index in [0.717, 1.165) is 12.0 Å². The van der Waals surface area contributed by atoms with Crippen LogP contribution in [0.1, 0.15) is 25.8 Å². The first kappa shape index (κ1) is 15.0. The summed E-state index contributed by atoms with van der Waals surface area (Å²) in [4.78, 5) is 23.0. The van der Waals surface area contributed by atoms with Crippen LogP contribution in [0.15, 0.2) is 30.3 Å². The molecule has 3 amide bonds. The Morgan fingerprint density at radius 2 is 1.89 bits per heavy atom. The van der Waals surface area contributed by atoms with Crippen molar-refractivity contribution in [3.05, 3.63) is 35.9 Å². The lowest BCUT2D eigenvalue weighted by Gasteiger charge is -2.22. The van der Waals surface area contributed by atoms with Crippen molar-refractivity contribution < 1.29 is 9.59 Å². The zero-order valence-electron chi connectivity index (χ0n) is 11.3. The number of primary amides is 1. The predicted molar refractivity (Wildman–Crippen MR) is 74.3 cm³/mol. The maximum Gasteiger partial charge on any atom is 0.312 e. The summed E-state index contributed by atoms with van der Waals surface area (Å²) in [5.41, 5.74) is 6.11. The first-order chi connectivity index (χ1) is 9.04. The molecule has 0 aromatic heterocycles. The van der Waals surface area contributed by atoms with Gasteiger partial charge in [-0.2, -0.15) is 0 Å². The zero-order valence-corrected chi connectivity index (χ0v) is 11.3. The van der Waals surface area contributed by atoms with Crippen LogP contribution in [0, 0.1) is 5.92 Å². The summed E-state index contributed by atoms with van der Waals surface area (Å²) in [7, 11) is 0. The van der Waals surface area contributed by atoms with Crippen LogP contribution in [0.2, 0.25) is 0 Å². The molecule has 5 heteroatoms. The minimum absolute atomic E-state index is 0.0308. The number of urea groups is 1. The number of rotatable bonds is 6. The highest BCUT2D eigenvalue weighted by Crippen LogP contribution is 2.08. The van der Waals surface area contributed by atoms with Crippen LogP contribution in [0.4, 0.5) is 4.79 Å². The Labute approximate surface area is 113 Å². The summed E-state index contributed by atoms with van der Waals surface area (Å²) in [6.07, 6.45) is 0.781. The molecule has 0 aliphatic carbocycles. The normalized spacial score (nSPS) is 13.4. The number of nitrogens with one attached hydrogen (secondary N) is 2. The molecule has 0 spiro atoms. The van der Waals surface area contributed by atoms with Gasteiger partial charge in [0.2, 0.25) is 5.91 Å². The average molecular weight is 263 g/mol. The molecule has 2 atom stereocenters. The molecule has 19 heavy (non-hydrogen) atoms. The second-order valence-electron chi connectivity index (χ2n) is 4.58. The largest absolute Gasteiger partial charge is 0.352 e. The third-order valence-electron chi connectivity index (χ3n) is 3.10. The lowest BCUT2D eigenvalue weighted by atomic mass is 9.98. The summed E-state index contributed by atoms with van der Waals surface area (Å²) >= 11 is 0. The smallest absolute Gasteiger partial charge is 0.312 e. The van der Waals surface area contributed by atoms with E-state index in [0.29, 0.717) is 6.54 Å². The molecule has 104 valence electrons. The van der Waals surface area contributed by atoms with Gasteiger partial charge in [0.1, 0.15) is 6.04 Å². The molecule has 0 heterocycles. The zero-order chi connectivity index (χ0) is 14.3. The Balaban J connectivity index is 2.59.